The van der Waals surface area contributed by atoms with Crippen LogP contribution in [-0.2, 0) is 40.9 Å². The van der Waals surface area contributed by atoms with Crippen molar-refractivity contribution >= 4 is 84.1 Å². The van der Waals surface area contributed by atoms with Gasteiger partial charge in [-0.25, -0.2) is 14.8 Å². The maximum Gasteiger partial charge on any atom is 0.407 e. The van der Waals surface area contributed by atoms with Crippen LogP contribution >= 0.6 is 43.5 Å². The molecule has 3 aromatic rings. The molecule has 3 N–H and O–H groups in total. The molecule has 1 saturated heterocycles. The summed E-state index contributed by atoms with van der Waals surface area (Å²) < 4.78 is 23.3. The average molecular weight is 1020 g/mol. The Bertz CT molecular complexity index is 2270. The second-order valence-electron chi connectivity index (χ2n) is 17.1. The quantitative estimate of drug-likeness (QED) is 0.0909. The van der Waals surface area contributed by atoms with Crippen LogP contribution in [0, 0.1) is 11.3 Å². The molecule has 340 valence electrons. The number of amides is 3. The lowest BCUT2D eigenvalue weighted by Crippen LogP contribution is -2.54. The van der Waals surface area contributed by atoms with E-state index in [1.165, 1.54) is 12.0 Å². The van der Waals surface area contributed by atoms with Crippen LogP contribution in [0.2, 0.25) is 5.02 Å². The standard InChI is InChI=1S/C46H56Br2ClN5O9/c1-26-11-10-12-35(60-5)31-21-38(63-44(58)53-31)45(2)23-37(45)46(3,59)39(22-40(55)54(4)34-18-27(17-26)19-36(61-6)42(34)49)62-41(56)13-8-7-9-16-50-43(57)28-14-15-29-30(20-28)52-33(25-48)32(24-47)51-29/h10-12,14-15,18-20,31,35,37-39,59H,7-9,13,16-17,21-25H2,1-6H3,(H,50,57)(H,53,58)/b12-10+,26-11+/t31-,35-,37+,38+,39+,45-,46-/m1/s1. The number of benzene rings is 2. The zero-order chi connectivity index (χ0) is 45.6. The first-order valence-electron chi connectivity index (χ1n) is 21.1. The molecule has 0 radical (unpaired) electrons. The van der Waals surface area contributed by atoms with Crippen LogP contribution in [0.4, 0.5) is 10.5 Å². The van der Waals surface area contributed by atoms with E-state index in [4.69, 9.17) is 30.5 Å². The van der Waals surface area contributed by atoms with Gasteiger partial charge in [-0.15, -0.1) is 0 Å². The Morgan fingerprint density at radius 2 is 1.79 bits per heavy atom. The highest BCUT2D eigenvalue weighted by atomic mass is 79.9. The van der Waals surface area contributed by atoms with Crippen LogP contribution in [0.3, 0.4) is 0 Å². The molecular weight excluding hydrogens is 962 g/mol. The van der Waals surface area contributed by atoms with E-state index >= 15 is 0 Å². The fraction of sp³-hybridized carbons (Fsp3) is 0.522. The molecule has 2 aliphatic heterocycles. The first-order chi connectivity index (χ1) is 30.0. The van der Waals surface area contributed by atoms with Crippen molar-refractivity contribution in [1.29, 1.82) is 0 Å². The largest absolute Gasteiger partial charge is 0.495 e. The topological polar surface area (TPSA) is 179 Å². The lowest BCUT2D eigenvalue weighted by molar-refractivity contribution is -0.170. The number of allylic oxidation sites excluding steroid dienone is 3. The molecule has 1 aliphatic carbocycles. The normalized spacial score (nSPS) is 27.6. The minimum Gasteiger partial charge on any atom is -0.495 e. The van der Waals surface area contributed by atoms with Crippen molar-refractivity contribution < 1.29 is 43.2 Å². The molecule has 2 fully saturated rings. The van der Waals surface area contributed by atoms with Gasteiger partial charge >= 0.3 is 12.1 Å². The summed E-state index contributed by atoms with van der Waals surface area (Å²) in [6, 6.07) is 8.46. The summed E-state index contributed by atoms with van der Waals surface area (Å²) in [6.07, 6.45) is 5.57. The maximum absolute atomic E-state index is 14.2. The van der Waals surface area contributed by atoms with Gasteiger partial charge in [-0.3, -0.25) is 14.4 Å². The highest BCUT2D eigenvalue weighted by Gasteiger charge is 2.67. The Morgan fingerprint density at radius 1 is 1.06 bits per heavy atom. The Hall–Kier alpha value is -4.09. The van der Waals surface area contributed by atoms with E-state index in [0.717, 1.165) is 22.5 Å². The predicted molar refractivity (Wildman–Crippen MR) is 248 cm³/mol. The van der Waals surface area contributed by atoms with E-state index in [-0.39, 0.29) is 23.8 Å². The highest BCUT2D eigenvalue weighted by molar-refractivity contribution is 9.09. The van der Waals surface area contributed by atoms with Gasteiger partial charge in [0.25, 0.3) is 5.91 Å². The van der Waals surface area contributed by atoms with Gasteiger partial charge in [0.05, 0.1) is 53.8 Å². The van der Waals surface area contributed by atoms with Gasteiger partial charge in [0.1, 0.15) is 28.6 Å². The SMILES string of the molecule is COc1cc2cc(c1Cl)N(C)C(=O)C[C@H](OC(=O)CCCCCNC(=O)c1ccc3nc(CBr)c(CBr)nc3c1)[C@](C)(O)[C@H]1C[C@@]1(C)[C@@H]1C[C@@H](NC(=O)O1)[C@H](OC)/C=C/C=C(\C)C2. The summed E-state index contributed by atoms with van der Waals surface area (Å²) in [5.74, 6) is -1.36. The van der Waals surface area contributed by atoms with Gasteiger partial charge in [0.2, 0.25) is 5.91 Å². The number of nitrogens with one attached hydrogen (secondary N) is 2. The number of carbonyl (C=O) groups is 4. The number of aromatic nitrogens is 2. The molecule has 3 aliphatic rings. The van der Waals surface area contributed by atoms with E-state index in [2.05, 4.69) is 52.5 Å². The predicted octanol–water partition coefficient (Wildman–Crippen LogP) is 8.05. The third-order valence-corrected chi connectivity index (χ3v) is 14.0. The fourth-order valence-corrected chi connectivity index (χ4v) is 9.91. The molecule has 1 saturated carbocycles. The van der Waals surface area contributed by atoms with Gasteiger partial charge in [0, 0.05) is 61.1 Å². The number of nitrogens with zero attached hydrogens (tertiary/aromatic N) is 3. The second-order valence-corrected chi connectivity index (χ2v) is 18.6. The van der Waals surface area contributed by atoms with Crippen LogP contribution in [0.25, 0.3) is 11.0 Å². The molecule has 4 bridgehead atoms. The molecule has 63 heavy (non-hydrogen) atoms. The minimum absolute atomic E-state index is 0.0274. The number of rotatable bonds is 12. The Labute approximate surface area is 390 Å². The summed E-state index contributed by atoms with van der Waals surface area (Å²) in [5, 5.41) is 19.6. The number of aliphatic hydroxyl groups is 1. The summed E-state index contributed by atoms with van der Waals surface area (Å²) in [5.41, 5.74) is 3.29. The third-order valence-electron chi connectivity index (χ3n) is 12.6. The number of anilines is 1. The van der Waals surface area contributed by atoms with Crippen LogP contribution < -0.4 is 20.3 Å². The van der Waals surface area contributed by atoms with Gasteiger partial charge in [-0.05, 0) is 75.4 Å². The van der Waals surface area contributed by atoms with Crippen molar-refractivity contribution in [2.75, 3.05) is 32.7 Å². The van der Waals surface area contributed by atoms with Gasteiger partial charge < -0.3 is 39.6 Å². The van der Waals surface area contributed by atoms with Gasteiger partial charge in [-0.2, -0.15) is 0 Å². The van der Waals surface area contributed by atoms with Crippen molar-refractivity contribution in [3.8, 4) is 5.75 Å². The van der Waals surface area contributed by atoms with Gasteiger partial charge in [0.15, 0.2) is 0 Å². The number of hydrogen-bond acceptors (Lipinski definition) is 11. The van der Waals surface area contributed by atoms with Crippen molar-refractivity contribution in [3.05, 3.63) is 81.7 Å². The number of esters is 1. The lowest BCUT2D eigenvalue weighted by atomic mass is 9.82. The molecule has 3 heterocycles. The number of halogens is 3. The van der Waals surface area contributed by atoms with Crippen LogP contribution in [0.5, 0.6) is 5.75 Å². The number of fused-ring (bicyclic) bond motifs is 7. The number of ether oxygens (including phenoxy) is 4. The van der Waals surface area contributed by atoms with Crippen molar-refractivity contribution in [1.82, 2.24) is 20.6 Å². The number of hydrogen-bond donors (Lipinski definition) is 3. The van der Waals surface area contributed by atoms with E-state index in [9.17, 15) is 24.3 Å². The average Bonchev–Trinajstić information content (AvgIpc) is 3.98. The first kappa shape index (κ1) is 48.4. The number of methoxy groups -OCH3 is 2. The molecule has 3 amide bonds. The summed E-state index contributed by atoms with van der Waals surface area (Å²) in [4.78, 5) is 64.5. The second kappa shape index (κ2) is 20.8. The number of unbranched alkanes of at least 4 members (excludes halogenated alkanes) is 2. The molecule has 0 spiro atoms. The van der Waals surface area contributed by atoms with Gasteiger partial charge in [-0.1, -0.05) is 80.6 Å². The summed E-state index contributed by atoms with van der Waals surface area (Å²) in [6.45, 7) is 5.89. The Balaban J connectivity index is 1.15. The smallest absolute Gasteiger partial charge is 0.407 e. The zero-order valence-electron chi connectivity index (χ0n) is 36.5. The maximum atomic E-state index is 14.2. The third kappa shape index (κ3) is 11.2. The highest BCUT2D eigenvalue weighted by Crippen LogP contribution is 2.63. The lowest BCUT2D eigenvalue weighted by Gasteiger charge is -2.39. The van der Waals surface area contributed by atoms with E-state index < -0.39 is 59.3 Å². The van der Waals surface area contributed by atoms with Crippen LogP contribution in [-0.4, -0.2) is 96.7 Å². The summed E-state index contributed by atoms with van der Waals surface area (Å²) >= 11 is 13.7. The molecule has 7 atom stereocenters. The molecule has 1 aromatic heterocycles. The number of alkyl carbamates (subject to hydrolysis) is 1. The van der Waals surface area contributed by atoms with Crippen molar-refractivity contribution in [2.45, 2.75) is 113 Å². The molecule has 6 rings (SSSR count). The molecular formula is C46H56Br2ClN5O9. The van der Waals surface area contributed by atoms with E-state index in [1.54, 1.807) is 39.3 Å². The Morgan fingerprint density at radius 3 is 2.49 bits per heavy atom. The Kier molecular flexibility index (Phi) is 16.0. The fourth-order valence-electron chi connectivity index (χ4n) is 8.70. The first-order valence-corrected chi connectivity index (χ1v) is 23.7. The van der Waals surface area contributed by atoms with E-state index in [0.29, 0.717) is 83.8 Å². The number of alkyl halides is 2. The monoisotopic (exact) mass is 1020 g/mol. The summed E-state index contributed by atoms with van der Waals surface area (Å²) in [7, 11) is 4.67. The zero-order valence-corrected chi connectivity index (χ0v) is 40.4. The molecule has 14 nitrogen and oxygen atoms in total. The van der Waals surface area contributed by atoms with Crippen molar-refractivity contribution in [3.63, 3.8) is 0 Å². The van der Waals surface area contributed by atoms with E-state index in [1.807, 2.05) is 44.2 Å². The molecule has 0 unspecified atom stereocenters. The molecule has 17 heteroatoms. The number of carbonyl (C=O) groups excluding carboxylic acids is 4. The van der Waals surface area contributed by atoms with Crippen LogP contribution in [0.1, 0.15) is 93.0 Å². The van der Waals surface area contributed by atoms with Crippen molar-refractivity contribution in [2.24, 2.45) is 11.3 Å². The van der Waals surface area contributed by atoms with Crippen LogP contribution in [0.15, 0.2) is 54.1 Å². The molecule has 2 aromatic carbocycles. The minimum atomic E-state index is -1.70.